The highest BCUT2D eigenvalue weighted by Crippen LogP contribution is 2.24. The third-order valence-corrected chi connectivity index (χ3v) is 4.13. The van der Waals surface area contributed by atoms with Gasteiger partial charge in [0.25, 0.3) is 0 Å². The molecule has 0 bridgehead atoms. The van der Waals surface area contributed by atoms with Crippen LogP contribution in [0.2, 0.25) is 5.02 Å². The normalized spacial score (nSPS) is 10.2. The van der Waals surface area contributed by atoms with Gasteiger partial charge in [-0.1, -0.05) is 33.6 Å². The van der Waals surface area contributed by atoms with Crippen molar-refractivity contribution >= 4 is 39.5 Å². The molecule has 0 aliphatic rings. The molecule has 2 aromatic rings. The second kappa shape index (κ2) is 8.17. The zero-order valence-electron chi connectivity index (χ0n) is 13.0. The molecule has 0 saturated heterocycles. The van der Waals surface area contributed by atoms with E-state index in [9.17, 15) is 9.59 Å². The van der Waals surface area contributed by atoms with Crippen LogP contribution in [0.1, 0.15) is 26.3 Å². The van der Waals surface area contributed by atoms with Gasteiger partial charge in [-0.3, -0.25) is 0 Å². The molecule has 0 N–H and O–H groups in total. The van der Waals surface area contributed by atoms with Gasteiger partial charge in [-0.15, -0.1) is 0 Å². The van der Waals surface area contributed by atoms with Crippen LogP contribution < -0.4 is 4.74 Å². The van der Waals surface area contributed by atoms with Gasteiger partial charge in [0.05, 0.1) is 25.3 Å². The molecule has 0 atom stereocenters. The van der Waals surface area contributed by atoms with Crippen molar-refractivity contribution in [2.45, 2.75) is 6.61 Å². The first-order chi connectivity index (χ1) is 11.4. The van der Waals surface area contributed by atoms with Gasteiger partial charge in [0.15, 0.2) is 0 Å². The second-order valence-corrected chi connectivity index (χ2v) is 6.04. The van der Waals surface area contributed by atoms with E-state index >= 15 is 0 Å². The summed E-state index contributed by atoms with van der Waals surface area (Å²) in [6.45, 7) is 0.225. The minimum Gasteiger partial charge on any atom is -0.489 e. The molecule has 2 rings (SSSR count). The van der Waals surface area contributed by atoms with E-state index in [0.717, 1.165) is 10.0 Å². The van der Waals surface area contributed by atoms with Crippen molar-refractivity contribution in [1.29, 1.82) is 0 Å². The Balaban J connectivity index is 2.28. The molecule has 0 unspecified atom stereocenters. The predicted molar refractivity (Wildman–Crippen MR) is 92.6 cm³/mol. The van der Waals surface area contributed by atoms with Crippen LogP contribution in [0.3, 0.4) is 0 Å². The quantitative estimate of drug-likeness (QED) is 0.686. The smallest absolute Gasteiger partial charge is 0.338 e. The topological polar surface area (TPSA) is 61.8 Å². The maximum Gasteiger partial charge on any atom is 0.338 e. The van der Waals surface area contributed by atoms with Gasteiger partial charge in [0, 0.05) is 15.1 Å². The van der Waals surface area contributed by atoms with Crippen molar-refractivity contribution < 1.29 is 23.8 Å². The zero-order valence-corrected chi connectivity index (χ0v) is 15.3. The minimum atomic E-state index is -0.571. The number of benzene rings is 2. The minimum absolute atomic E-state index is 0.200. The van der Waals surface area contributed by atoms with Crippen molar-refractivity contribution in [3.63, 3.8) is 0 Å². The highest BCUT2D eigenvalue weighted by Gasteiger charge is 2.14. The molecule has 24 heavy (non-hydrogen) atoms. The van der Waals surface area contributed by atoms with E-state index in [1.807, 2.05) is 6.07 Å². The molecule has 0 aliphatic heterocycles. The van der Waals surface area contributed by atoms with Crippen LogP contribution >= 0.6 is 27.5 Å². The molecule has 5 nitrogen and oxygen atoms in total. The number of rotatable bonds is 5. The highest BCUT2D eigenvalue weighted by atomic mass is 79.9. The summed E-state index contributed by atoms with van der Waals surface area (Å²) in [4.78, 5) is 23.5. The van der Waals surface area contributed by atoms with Crippen molar-refractivity contribution in [2.75, 3.05) is 14.2 Å². The lowest BCUT2D eigenvalue weighted by atomic mass is 10.1. The van der Waals surface area contributed by atoms with Crippen LogP contribution in [0.5, 0.6) is 5.75 Å². The zero-order chi connectivity index (χ0) is 17.7. The highest BCUT2D eigenvalue weighted by molar-refractivity contribution is 9.10. The largest absolute Gasteiger partial charge is 0.489 e. The van der Waals surface area contributed by atoms with Crippen LogP contribution in [-0.4, -0.2) is 26.2 Å². The van der Waals surface area contributed by atoms with Gasteiger partial charge >= 0.3 is 11.9 Å². The van der Waals surface area contributed by atoms with E-state index in [4.69, 9.17) is 16.3 Å². The first-order valence-corrected chi connectivity index (χ1v) is 8.00. The van der Waals surface area contributed by atoms with Gasteiger partial charge in [0.1, 0.15) is 12.4 Å². The lowest BCUT2D eigenvalue weighted by molar-refractivity contribution is 0.0598. The number of carbonyl (C=O) groups excluding carboxylic acids is 2. The summed E-state index contributed by atoms with van der Waals surface area (Å²) in [5, 5.41) is 0.603. The second-order valence-electron chi connectivity index (χ2n) is 4.75. The molecule has 0 aliphatic carbocycles. The fourth-order valence-corrected chi connectivity index (χ4v) is 2.75. The summed E-state index contributed by atoms with van der Waals surface area (Å²) >= 11 is 9.31. The number of methoxy groups -OCH3 is 2. The van der Waals surface area contributed by atoms with Crippen molar-refractivity contribution in [3.05, 3.63) is 62.6 Å². The Kier molecular flexibility index (Phi) is 6.23. The molecule has 2 aromatic carbocycles. The third kappa shape index (κ3) is 4.49. The van der Waals surface area contributed by atoms with E-state index in [2.05, 4.69) is 25.4 Å². The monoisotopic (exact) mass is 412 g/mol. The van der Waals surface area contributed by atoms with Gasteiger partial charge in [-0.2, -0.15) is 0 Å². The van der Waals surface area contributed by atoms with Crippen LogP contribution in [0.15, 0.2) is 40.9 Å². The average molecular weight is 414 g/mol. The number of halogens is 2. The molecule has 0 heterocycles. The Bertz CT molecular complexity index is 741. The molecular weight excluding hydrogens is 400 g/mol. The van der Waals surface area contributed by atoms with Crippen LogP contribution in [0, 0.1) is 0 Å². The van der Waals surface area contributed by atoms with E-state index < -0.39 is 11.9 Å². The maximum absolute atomic E-state index is 11.7. The molecule has 0 spiro atoms. The standard InChI is InChI=1S/C17H14BrClO5/c1-22-16(20)11-5-12(17(21)23-2)7-14(6-11)24-9-10-3-4-13(19)8-15(10)18/h3-8H,9H2,1-2H3. The molecule has 0 aromatic heterocycles. The molecule has 126 valence electrons. The van der Waals surface area contributed by atoms with E-state index in [0.29, 0.717) is 10.8 Å². The van der Waals surface area contributed by atoms with E-state index in [1.54, 1.807) is 12.1 Å². The van der Waals surface area contributed by atoms with E-state index in [1.165, 1.54) is 32.4 Å². The van der Waals surface area contributed by atoms with Gasteiger partial charge in [-0.25, -0.2) is 9.59 Å². The molecule has 0 fully saturated rings. The van der Waals surface area contributed by atoms with Crippen molar-refractivity contribution in [2.24, 2.45) is 0 Å². The first kappa shape index (κ1) is 18.3. The van der Waals surface area contributed by atoms with Crippen molar-refractivity contribution in [1.82, 2.24) is 0 Å². The van der Waals surface area contributed by atoms with Crippen LogP contribution in [-0.2, 0) is 16.1 Å². The SMILES string of the molecule is COC(=O)c1cc(OCc2ccc(Cl)cc2Br)cc(C(=O)OC)c1. The average Bonchev–Trinajstić information content (AvgIpc) is 2.59. The number of ether oxygens (including phenoxy) is 3. The molecule has 0 saturated carbocycles. The Hall–Kier alpha value is -2.05. The summed E-state index contributed by atoms with van der Waals surface area (Å²) in [6.07, 6.45) is 0. The Labute approximate surface area is 152 Å². The fourth-order valence-electron chi connectivity index (χ4n) is 1.95. The van der Waals surface area contributed by atoms with Gasteiger partial charge in [-0.05, 0) is 30.3 Å². The first-order valence-electron chi connectivity index (χ1n) is 6.83. The van der Waals surface area contributed by atoms with Crippen molar-refractivity contribution in [3.8, 4) is 5.75 Å². The Morgan fingerprint density at radius 3 is 2.08 bits per heavy atom. The lowest BCUT2D eigenvalue weighted by Gasteiger charge is -2.11. The molecular formula is C17H14BrClO5. The number of hydrogen-bond donors (Lipinski definition) is 0. The summed E-state index contributed by atoms with van der Waals surface area (Å²) < 4.78 is 15.9. The van der Waals surface area contributed by atoms with Gasteiger partial charge < -0.3 is 14.2 Å². The fraction of sp³-hybridized carbons (Fsp3) is 0.176. The molecule has 7 heteroatoms. The van der Waals surface area contributed by atoms with Gasteiger partial charge in [0.2, 0.25) is 0 Å². The van der Waals surface area contributed by atoms with E-state index in [-0.39, 0.29) is 17.7 Å². The van der Waals surface area contributed by atoms with Crippen LogP contribution in [0.4, 0.5) is 0 Å². The number of hydrogen-bond acceptors (Lipinski definition) is 5. The summed E-state index contributed by atoms with van der Waals surface area (Å²) in [5.41, 5.74) is 1.26. The summed E-state index contributed by atoms with van der Waals surface area (Å²) in [7, 11) is 2.52. The molecule has 0 amide bonds. The lowest BCUT2D eigenvalue weighted by Crippen LogP contribution is -2.08. The third-order valence-electron chi connectivity index (χ3n) is 3.16. The Morgan fingerprint density at radius 1 is 1.00 bits per heavy atom. The van der Waals surface area contributed by atoms with Crippen LogP contribution in [0.25, 0.3) is 0 Å². The Morgan fingerprint density at radius 2 is 1.58 bits per heavy atom. The number of carbonyl (C=O) groups is 2. The summed E-state index contributed by atoms with van der Waals surface area (Å²) in [5.74, 6) is -0.795. The predicted octanol–water partition coefficient (Wildman–Crippen LogP) is 4.25. The molecule has 0 radical (unpaired) electrons. The summed E-state index contributed by atoms with van der Waals surface area (Å²) in [6, 6.07) is 9.71. The maximum atomic E-state index is 11.7. The number of esters is 2.